The lowest BCUT2D eigenvalue weighted by molar-refractivity contribution is -0.160. The van der Waals surface area contributed by atoms with E-state index in [9.17, 15) is 28.0 Å². The van der Waals surface area contributed by atoms with Crippen molar-refractivity contribution >= 4 is 31.6 Å². The number of carbonyl (C=O) groups excluding carboxylic acids is 2. The SMILES string of the molecule is Cc1cc(Nc2cc(C(F)F)ccn2)nc(-c2ccc(C(C)(O)C3CCC(C(=O)OCOC(=O)OCCOCCOCCOCCOP(=O)(O)O)CC3)nc2)c1. The van der Waals surface area contributed by atoms with Crippen LogP contribution in [0, 0.1) is 18.8 Å². The van der Waals surface area contributed by atoms with Gasteiger partial charge in [-0.25, -0.2) is 28.1 Å². The summed E-state index contributed by atoms with van der Waals surface area (Å²) in [5, 5.41) is 14.5. The van der Waals surface area contributed by atoms with Crippen LogP contribution in [-0.2, 0) is 47.9 Å². The predicted octanol–water partition coefficient (Wildman–Crippen LogP) is 5.36. The summed E-state index contributed by atoms with van der Waals surface area (Å²) in [5.74, 6) is -0.459. The fourth-order valence-electron chi connectivity index (χ4n) is 5.84. The van der Waals surface area contributed by atoms with Crippen LogP contribution < -0.4 is 5.32 Å². The molecule has 56 heavy (non-hydrogen) atoms. The molecule has 4 N–H and O–H groups in total. The fourth-order valence-corrected chi connectivity index (χ4v) is 6.16. The Bertz CT molecular complexity index is 1740. The van der Waals surface area contributed by atoms with Gasteiger partial charge in [-0.05, 0) is 87.4 Å². The number of ether oxygens (including phenoxy) is 6. The zero-order valence-electron chi connectivity index (χ0n) is 31.0. The van der Waals surface area contributed by atoms with Gasteiger partial charge in [0.2, 0.25) is 6.79 Å². The van der Waals surface area contributed by atoms with Crippen LogP contribution in [-0.4, -0.2) is 102 Å². The van der Waals surface area contributed by atoms with E-state index in [4.69, 9.17) is 38.2 Å². The molecular weight excluding hydrogens is 765 g/mol. The van der Waals surface area contributed by atoms with E-state index in [1.54, 1.807) is 31.3 Å². The van der Waals surface area contributed by atoms with Crippen LogP contribution in [0.2, 0.25) is 0 Å². The minimum absolute atomic E-state index is 0.00413. The number of hydrogen-bond donors (Lipinski definition) is 4. The van der Waals surface area contributed by atoms with Gasteiger partial charge in [0, 0.05) is 23.5 Å². The van der Waals surface area contributed by atoms with Gasteiger partial charge < -0.3 is 48.6 Å². The maximum Gasteiger partial charge on any atom is 0.511 e. The third-order valence-corrected chi connectivity index (χ3v) is 9.27. The van der Waals surface area contributed by atoms with Crippen LogP contribution in [0.3, 0.4) is 0 Å². The van der Waals surface area contributed by atoms with Crippen molar-refractivity contribution in [1.29, 1.82) is 0 Å². The lowest BCUT2D eigenvalue weighted by atomic mass is 9.73. The normalized spacial score (nSPS) is 16.9. The standard InChI is InChI=1S/C36H47F2N4O13P/c1-24-19-29(41-32(20-24)42-31-21-26(33(37)38)9-10-39-31)27-5-8-30(40-22-27)36(2,45)28-6-3-25(4-7-28)34(43)53-23-54-35(44)52-17-15-50-13-11-49-12-14-51-16-18-55-56(46,47)48/h5,8-10,19-22,25,28,33,45H,3-4,6-7,11-18,23H2,1-2H3,(H,39,41,42)(H2,46,47,48). The van der Waals surface area contributed by atoms with Gasteiger partial charge in [-0.2, -0.15) is 0 Å². The highest BCUT2D eigenvalue weighted by atomic mass is 31.2. The smallest absolute Gasteiger partial charge is 0.432 e. The van der Waals surface area contributed by atoms with Crippen LogP contribution in [0.1, 0.15) is 55.9 Å². The van der Waals surface area contributed by atoms with E-state index in [0.29, 0.717) is 48.5 Å². The number of phosphoric acid groups is 1. The Morgan fingerprint density at radius 1 is 0.875 bits per heavy atom. The second kappa shape index (κ2) is 21.9. The summed E-state index contributed by atoms with van der Waals surface area (Å²) in [5.41, 5.74) is 1.18. The summed E-state index contributed by atoms with van der Waals surface area (Å²) in [6.45, 7) is 3.60. The van der Waals surface area contributed by atoms with Gasteiger partial charge in [-0.1, -0.05) is 0 Å². The van der Waals surface area contributed by atoms with Crippen LogP contribution >= 0.6 is 7.82 Å². The van der Waals surface area contributed by atoms with Crippen molar-refractivity contribution in [2.75, 3.05) is 65.0 Å². The van der Waals surface area contributed by atoms with Gasteiger partial charge in [0.15, 0.2) is 0 Å². The zero-order valence-corrected chi connectivity index (χ0v) is 31.9. The molecule has 20 heteroatoms. The molecule has 1 atom stereocenters. The van der Waals surface area contributed by atoms with Crippen LogP contribution in [0.4, 0.5) is 25.2 Å². The van der Waals surface area contributed by atoms with Gasteiger partial charge in [0.05, 0.1) is 63.6 Å². The summed E-state index contributed by atoms with van der Waals surface area (Å²) < 4.78 is 71.5. The number of hydrogen-bond acceptors (Lipinski definition) is 15. The Hall–Kier alpha value is -4.20. The van der Waals surface area contributed by atoms with Gasteiger partial charge in [0.1, 0.15) is 23.8 Å². The Kier molecular flexibility index (Phi) is 17.4. The van der Waals surface area contributed by atoms with E-state index >= 15 is 0 Å². The molecule has 0 spiro atoms. The lowest BCUT2D eigenvalue weighted by Crippen LogP contribution is -2.37. The molecule has 4 rings (SSSR count). The number of pyridine rings is 3. The lowest BCUT2D eigenvalue weighted by Gasteiger charge is -2.37. The molecule has 1 unspecified atom stereocenters. The number of aromatic nitrogens is 3. The van der Waals surface area contributed by atoms with Crippen LogP contribution in [0.5, 0.6) is 0 Å². The molecule has 17 nitrogen and oxygen atoms in total. The second-order valence-corrected chi connectivity index (χ2v) is 14.2. The van der Waals surface area contributed by atoms with E-state index in [0.717, 1.165) is 5.56 Å². The van der Waals surface area contributed by atoms with Crippen molar-refractivity contribution in [2.24, 2.45) is 11.8 Å². The summed E-state index contributed by atoms with van der Waals surface area (Å²) >= 11 is 0. The minimum Gasteiger partial charge on any atom is -0.432 e. The quantitative estimate of drug-likeness (QED) is 0.0434. The zero-order chi connectivity index (χ0) is 40.6. The van der Waals surface area contributed by atoms with Crippen molar-refractivity contribution in [3.63, 3.8) is 0 Å². The minimum atomic E-state index is -4.50. The first kappa shape index (κ1) is 44.5. The monoisotopic (exact) mass is 812 g/mol. The van der Waals surface area contributed by atoms with Gasteiger partial charge in [-0.3, -0.25) is 14.3 Å². The van der Waals surface area contributed by atoms with E-state index < -0.39 is 44.7 Å². The molecule has 0 aliphatic heterocycles. The molecule has 3 aromatic heterocycles. The number of nitrogens with one attached hydrogen (secondary N) is 1. The number of aryl methyl sites for hydroxylation is 1. The van der Waals surface area contributed by atoms with Gasteiger partial charge in [-0.15, -0.1) is 0 Å². The van der Waals surface area contributed by atoms with E-state index in [2.05, 4.69) is 24.8 Å². The number of aliphatic hydroxyl groups is 1. The molecule has 0 aromatic carbocycles. The average Bonchev–Trinajstić information content (AvgIpc) is 3.16. The predicted molar refractivity (Wildman–Crippen MR) is 194 cm³/mol. The van der Waals surface area contributed by atoms with Gasteiger partial charge >= 0.3 is 19.9 Å². The van der Waals surface area contributed by atoms with Crippen molar-refractivity contribution in [2.45, 2.75) is 51.6 Å². The Balaban J connectivity index is 1.10. The van der Waals surface area contributed by atoms with E-state index in [1.807, 2.05) is 13.0 Å². The Labute approximate surface area is 322 Å². The van der Waals surface area contributed by atoms with Gasteiger partial charge in [0.25, 0.3) is 6.43 Å². The largest absolute Gasteiger partial charge is 0.511 e. The average molecular weight is 813 g/mol. The molecule has 1 aliphatic rings. The molecule has 0 amide bonds. The summed E-state index contributed by atoms with van der Waals surface area (Å²) in [4.78, 5) is 54.8. The van der Waals surface area contributed by atoms with E-state index in [-0.39, 0.29) is 70.2 Å². The first-order valence-corrected chi connectivity index (χ1v) is 19.3. The number of carbonyl (C=O) groups is 2. The summed E-state index contributed by atoms with van der Waals surface area (Å²) in [6, 6.07) is 9.69. The second-order valence-electron chi connectivity index (χ2n) is 12.9. The van der Waals surface area contributed by atoms with Crippen LogP contribution in [0.25, 0.3) is 11.3 Å². The number of alkyl halides is 2. The maximum absolute atomic E-state index is 13.1. The number of halogens is 2. The fraction of sp³-hybridized carbons (Fsp3) is 0.528. The topological polar surface area (TPSA) is 227 Å². The molecule has 308 valence electrons. The third kappa shape index (κ3) is 15.0. The molecular formula is C36H47F2N4O13P. The molecule has 1 fully saturated rings. The maximum atomic E-state index is 13.1. The third-order valence-electron chi connectivity index (χ3n) is 8.75. The molecule has 3 aromatic rings. The van der Waals surface area contributed by atoms with E-state index in [1.165, 1.54) is 18.3 Å². The highest BCUT2D eigenvalue weighted by Crippen LogP contribution is 2.41. The van der Waals surface area contributed by atoms with Crippen molar-refractivity contribution < 1.29 is 70.8 Å². The highest BCUT2D eigenvalue weighted by Gasteiger charge is 2.39. The molecule has 1 saturated carbocycles. The number of esters is 1. The van der Waals surface area contributed by atoms with Crippen molar-refractivity contribution in [3.05, 3.63) is 65.6 Å². The number of rotatable bonds is 22. The summed E-state index contributed by atoms with van der Waals surface area (Å²) in [6.07, 6.45) is 1.26. The number of phosphoric ester groups is 1. The van der Waals surface area contributed by atoms with Crippen molar-refractivity contribution in [1.82, 2.24) is 15.0 Å². The molecule has 0 bridgehead atoms. The number of anilines is 2. The number of nitrogens with zero attached hydrogens (tertiary/aromatic N) is 3. The van der Waals surface area contributed by atoms with Crippen molar-refractivity contribution in [3.8, 4) is 11.3 Å². The first-order valence-electron chi connectivity index (χ1n) is 17.8. The highest BCUT2D eigenvalue weighted by molar-refractivity contribution is 7.46. The molecule has 0 radical (unpaired) electrons. The Morgan fingerprint density at radius 2 is 1.54 bits per heavy atom. The molecule has 1 aliphatic carbocycles. The Morgan fingerprint density at radius 3 is 2.16 bits per heavy atom. The van der Waals surface area contributed by atoms with Crippen LogP contribution in [0.15, 0.2) is 48.8 Å². The summed E-state index contributed by atoms with van der Waals surface area (Å²) in [7, 11) is -4.50. The molecule has 0 saturated heterocycles. The molecule has 3 heterocycles. The first-order chi connectivity index (χ1) is 26.7.